The van der Waals surface area contributed by atoms with Gasteiger partial charge in [0.25, 0.3) is 5.91 Å². The van der Waals surface area contributed by atoms with Crippen LogP contribution in [-0.2, 0) is 0 Å². The van der Waals surface area contributed by atoms with E-state index in [1.54, 1.807) is 24.3 Å². The summed E-state index contributed by atoms with van der Waals surface area (Å²) in [6.07, 6.45) is 0. The molecule has 0 saturated heterocycles. The Bertz CT molecular complexity index is 560. The van der Waals surface area contributed by atoms with Crippen LogP contribution in [0, 0.1) is 5.82 Å². The fourth-order valence-electron chi connectivity index (χ4n) is 1.30. The number of benzene rings is 1. The molecule has 0 atom stereocenters. The van der Waals surface area contributed by atoms with E-state index in [4.69, 9.17) is 0 Å². The van der Waals surface area contributed by atoms with Crippen LogP contribution in [0.4, 0.5) is 10.1 Å². The lowest BCUT2D eigenvalue weighted by Gasteiger charge is -2.04. The van der Waals surface area contributed by atoms with Crippen molar-refractivity contribution >= 4 is 27.5 Å². The molecule has 0 fully saturated rings. The van der Waals surface area contributed by atoms with Gasteiger partial charge in [0.15, 0.2) is 0 Å². The van der Waals surface area contributed by atoms with E-state index in [9.17, 15) is 9.18 Å². The van der Waals surface area contributed by atoms with Crippen molar-refractivity contribution in [1.29, 1.82) is 0 Å². The standard InChI is InChI=1S/C12H8BrFN2O/c13-11-6-2-5-10(16-11)12(17)15-9-4-1-3-8(14)7-9/h1-7H,(H,15,17). The SMILES string of the molecule is O=C(Nc1cccc(F)c1)c1cccc(Br)n1. The molecule has 1 heterocycles. The second-order valence-corrected chi connectivity index (χ2v) is 4.12. The minimum Gasteiger partial charge on any atom is -0.321 e. The molecule has 0 aliphatic rings. The van der Waals surface area contributed by atoms with Gasteiger partial charge in [-0.15, -0.1) is 0 Å². The van der Waals surface area contributed by atoms with Crippen molar-refractivity contribution in [3.8, 4) is 0 Å². The predicted molar refractivity (Wildman–Crippen MR) is 66.3 cm³/mol. The van der Waals surface area contributed by atoms with E-state index in [1.165, 1.54) is 18.2 Å². The Morgan fingerprint density at radius 3 is 2.71 bits per heavy atom. The van der Waals surface area contributed by atoms with Crippen LogP contribution in [0.3, 0.4) is 0 Å². The number of halogens is 2. The lowest BCUT2D eigenvalue weighted by Crippen LogP contribution is -2.13. The quantitative estimate of drug-likeness (QED) is 0.864. The number of rotatable bonds is 2. The van der Waals surface area contributed by atoms with Gasteiger partial charge in [0.2, 0.25) is 0 Å². The molecule has 17 heavy (non-hydrogen) atoms. The Labute approximate surface area is 106 Å². The van der Waals surface area contributed by atoms with Crippen molar-refractivity contribution in [2.24, 2.45) is 0 Å². The number of anilines is 1. The highest BCUT2D eigenvalue weighted by molar-refractivity contribution is 9.10. The monoisotopic (exact) mass is 294 g/mol. The highest BCUT2D eigenvalue weighted by Gasteiger charge is 2.07. The van der Waals surface area contributed by atoms with Gasteiger partial charge < -0.3 is 5.32 Å². The van der Waals surface area contributed by atoms with Crippen LogP contribution in [0.1, 0.15) is 10.5 Å². The van der Waals surface area contributed by atoms with E-state index in [1.807, 2.05) is 0 Å². The fraction of sp³-hybridized carbons (Fsp3) is 0. The molecule has 5 heteroatoms. The number of nitrogens with one attached hydrogen (secondary N) is 1. The molecule has 1 amide bonds. The summed E-state index contributed by atoms with van der Waals surface area (Å²) < 4.78 is 13.5. The van der Waals surface area contributed by atoms with Gasteiger partial charge in [0.1, 0.15) is 16.1 Å². The molecule has 1 N–H and O–H groups in total. The molecule has 2 rings (SSSR count). The molecule has 1 aromatic carbocycles. The van der Waals surface area contributed by atoms with Gasteiger partial charge in [0.05, 0.1) is 0 Å². The summed E-state index contributed by atoms with van der Waals surface area (Å²) in [5, 5.41) is 2.56. The zero-order valence-corrected chi connectivity index (χ0v) is 10.2. The molecule has 0 bridgehead atoms. The topological polar surface area (TPSA) is 42.0 Å². The number of hydrogen-bond donors (Lipinski definition) is 1. The fourth-order valence-corrected chi connectivity index (χ4v) is 1.64. The number of amides is 1. The van der Waals surface area contributed by atoms with E-state index >= 15 is 0 Å². The molecule has 3 nitrogen and oxygen atoms in total. The van der Waals surface area contributed by atoms with Gasteiger partial charge in [-0.25, -0.2) is 9.37 Å². The predicted octanol–water partition coefficient (Wildman–Crippen LogP) is 3.24. The van der Waals surface area contributed by atoms with Crippen LogP contribution in [0.2, 0.25) is 0 Å². The molecule has 0 aliphatic heterocycles. The Kier molecular flexibility index (Phi) is 3.49. The maximum atomic E-state index is 12.9. The van der Waals surface area contributed by atoms with Gasteiger partial charge in [-0.1, -0.05) is 12.1 Å². The largest absolute Gasteiger partial charge is 0.321 e. The summed E-state index contributed by atoms with van der Waals surface area (Å²) in [5.41, 5.74) is 0.667. The first-order valence-electron chi connectivity index (χ1n) is 4.84. The molecular weight excluding hydrogens is 287 g/mol. The van der Waals surface area contributed by atoms with Gasteiger partial charge in [-0.05, 0) is 46.3 Å². The van der Waals surface area contributed by atoms with Crippen LogP contribution < -0.4 is 5.32 Å². The van der Waals surface area contributed by atoms with Gasteiger partial charge in [0, 0.05) is 5.69 Å². The normalized spacial score (nSPS) is 10.0. The zero-order chi connectivity index (χ0) is 12.3. The summed E-state index contributed by atoms with van der Waals surface area (Å²) >= 11 is 3.18. The number of carbonyl (C=O) groups excluding carboxylic acids is 1. The molecule has 2 aromatic rings. The Morgan fingerprint density at radius 2 is 2.00 bits per heavy atom. The summed E-state index contributed by atoms with van der Waals surface area (Å²) in [5.74, 6) is -0.776. The second kappa shape index (κ2) is 5.05. The number of pyridine rings is 1. The van der Waals surface area contributed by atoms with E-state index in [0.717, 1.165) is 0 Å². The van der Waals surface area contributed by atoms with Crippen LogP contribution in [-0.4, -0.2) is 10.9 Å². The maximum absolute atomic E-state index is 12.9. The molecule has 0 aliphatic carbocycles. The number of hydrogen-bond acceptors (Lipinski definition) is 2. The van der Waals surface area contributed by atoms with Crippen molar-refractivity contribution in [3.05, 3.63) is 58.6 Å². The smallest absolute Gasteiger partial charge is 0.274 e. The third kappa shape index (κ3) is 3.10. The third-order valence-corrected chi connectivity index (χ3v) is 2.47. The van der Waals surface area contributed by atoms with Crippen LogP contribution in [0.15, 0.2) is 47.1 Å². The van der Waals surface area contributed by atoms with Gasteiger partial charge >= 0.3 is 0 Å². The average molecular weight is 295 g/mol. The van der Waals surface area contributed by atoms with Crippen molar-refractivity contribution in [2.75, 3.05) is 5.32 Å². The highest BCUT2D eigenvalue weighted by Crippen LogP contribution is 2.12. The lowest BCUT2D eigenvalue weighted by atomic mass is 10.3. The lowest BCUT2D eigenvalue weighted by molar-refractivity contribution is 0.102. The number of nitrogens with zero attached hydrogens (tertiary/aromatic N) is 1. The van der Waals surface area contributed by atoms with Gasteiger partial charge in [-0.3, -0.25) is 4.79 Å². The van der Waals surface area contributed by atoms with Crippen LogP contribution in [0.5, 0.6) is 0 Å². The average Bonchev–Trinajstić information content (AvgIpc) is 2.29. The molecule has 0 spiro atoms. The Hall–Kier alpha value is -1.75. The molecule has 0 saturated carbocycles. The van der Waals surface area contributed by atoms with Crippen LogP contribution >= 0.6 is 15.9 Å². The first kappa shape index (κ1) is 11.7. The summed E-state index contributed by atoms with van der Waals surface area (Å²) in [7, 11) is 0. The molecular formula is C12H8BrFN2O. The molecule has 86 valence electrons. The van der Waals surface area contributed by atoms with E-state index < -0.39 is 5.82 Å². The summed E-state index contributed by atoms with van der Waals surface area (Å²) in [6, 6.07) is 10.7. The van der Waals surface area contributed by atoms with E-state index in [2.05, 4.69) is 26.2 Å². The second-order valence-electron chi connectivity index (χ2n) is 3.31. The Balaban J connectivity index is 2.17. The van der Waals surface area contributed by atoms with Crippen molar-refractivity contribution in [1.82, 2.24) is 4.98 Å². The van der Waals surface area contributed by atoms with E-state index in [0.29, 0.717) is 10.3 Å². The zero-order valence-electron chi connectivity index (χ0n) is 8.65. The van der Waals surface area contributed by atoms with E-state index in [-0.39, 0.29) is 11.6 Å². The summed E-state index contributed by atoms with van der Waals surface area (Å²) in [4.78, 5) is 15.8. The first-order valence-corrected chi connectivity index (χ1v) is 5.64. The molecule has 0 unspecified atom stereocenters. The minimum atomic E-state index is -0.398. The van der Waals surface area contributed by atoms with Crippen LogP contribution in [0.25, 0.3) is 0 Å². The third-order valence-electron chi connectivity index (χ3n) is 2.03. The highest BCUT2D eigenvalue weighted by atomic mass is 79.9. The van der Waals surface area contributed by atoms with Crippen molar-refractivity contribution < 1.29 is 9.18 Å². The number of aromatic nitrogens is 1. The summed E-state index contributed by atoms with van der Waals surface area (Å²) in [6.45, 7) is 0. The van der Waals surface area contributed by atoms with Crippen molar-refractivity contribution in [3.63, 3.8) is 0 Å². The van der Waals surface area contributed by atoms with Crippen molar-refractivity contribution in [2.45, 2.75) is 0 Å². The van der Waals surface area contributed by atoms with Gasteiger partial charge in [-0.2, -0.15) is 0 Å². The first-order chi connectivity index (χ1) is 8.15. The minimum absolute atomic E-state index is 0.267. The number of carbonyl (C=O) groups is 1. The molecule has 1 aromatic heterocycles. The maximum Gasteiger partial charge on any atom is 0.274 e. The Morgan fingerprint density at radius 1 is 1.24 bits per heavy atom. The molecule has 0 radical (unpaired) electrons.